The Balaban J connectivity index is 1.34. The largest absolute Gasteiger partial charge is 0.319 e. The predicted molar refractivity (Wildman–Crippen MR) is 135 cm³/mol. The number of carbonyl (C=O) groups is 2. The molecule has 1 aromatic heterocycles. The molecular formula is C29H41N3O2. The highest BCUT2D eigenvalue weighted by Gasteiger charge is 2.60. The van der Waals surface area contributed by atoms with Gasteiger partial charge in [0.05, 0.1) is 0 Å². The van der Waals surface area contributed by atoms with Gasteiger partial charge in [0, 0.05) is 36.7 Å². The minimum atomic E-state index is 0.108. The van der Waals surface area contributed by atoms with E-state index in [9.17, 15) is 9.59 Å². The van der Waals surface area contributed by atoms with Crippen LogP contribution in [0.4, 0.5) is 5.82 Å². The lowest BCUT2D eigenvalue weighted by Gasteiger charge is -2.59. The first kappa shape index (κ1) is 23.6. The van der Waals surface area contributed by atoms with Crippen LogP contribution in [0, 0.1) is 34.5 Å². The molecule has 2 saturated carbocycles. The van der Waals surface area contributed by atoms with E-state index < -0.39 is 0 Å². The van der Waals surface area contributed by atoms with Gasteiger partial charge in [-0.2, -0.15) is 0 Å². The van der Waals surface area contributed by atoms with Crippen LogP contribution in [0.25, 0.3) is 0 Å². The number of likely N-dealkylation sites (tertiary alicyclic amines) is 1. The molecule has 5 rings (SSSR count). The average molecular weight is 464 g/mol. The summed E-state index contributed by atoms with van der Waals surface area (Å²) in [6.45, 7) is 9.26. The van der Waals surface area contributed by atoms with E-state index in [1.54, 1.807) is 0 Å². The molecule has 1 aromatic rings. The summed E-state index contributed by atoms with van der Waals surface area (Å²) in [5.41, 5.74) is 4.09. The lowest BCUT2D eigenvalue weighted by molar-refractivity contribution is -0.136. The molecule has 0 radical (unpaired) electrons. The Morgan fingerprint density at radius 1 is 1.18 bits per heavy atom. The van der Waals surface area contributed by atoms with Gasteiger partial charge < -0.3 is 10.2 Å². The first-order valence-electron chi connectivity index (χ1n) is 13.4. The van der Waals surface area contributed by atoms with Crippen LogP contribution in [0.5, 0.6) is 0 Å². The molecule has 0 bridgehead atoms. The maximum atomic E-state index is 13.0. The number of carbonyl (C=O) groups excluding carboxylic acids is 2. The van der Waals surface area contributed by atoms with Crippen LogP contribution in [-0.4, -0.2) is 28.7 Å². The third-order valence-corrected chi connectivity index (χ3v) is 10.4. The molecule has 184 valence electrons. The second-order valence-corrected chi connectivity index (χ2v) is 12.0. The Morgan fingerprint density at radius 3 is 2.74 bits per heavy atom. The van der Waals surface area contributed by atoms with Crippen molar-refractivity contribution in [3.05, 3.63) is 35.2 Å². The summed E-state index contributed by atoms with van der Waals surface area (Å²) in [5, 5.41) is 3.08. The first-order chi connectivity index (χ1) is 16.2. The summed E-state index contributed by atoms with van der Waals surface area (Å²) in [6.07, 6.45) is 9.01. The highest BCUT2D eigenvalue weighted by Crippen LogP contribution is 2.67. The second kappa shape index (κ2) is 8.49. The molecule has 3 fully saturated rings. The summed E-state index contributed by atoms with van der Waals surface area (Å²) < 4.78 is 0. The zero-order valence-electron chi connectivity index (χ0n) is 21.6. The van der Waals surface area contributed by atoms with Crippen molar-refractivity contribution in [3.63, 3.8) is 0 Å². The predicted octanol–water partition coefficient (Wildman–Crippen LogP) is 5.97. The monoisotopic (exact) mass is 463 g/mol. The molecule has 0 spiro atoms. The molecule has 6 atom stereocenters. The SMILES string of the molecule is CCc1cccc(NC(=O)C[C@H]2CC[C@H]3C4CC(C)=C5N(C)C(=O)CC[C@]5(C)C4CC[C@]23C)n1. The van der Waals surface area contributed by atoms with Crippen molar-refractivity contribution in [1.29, 1.82) is 0 Å². The van der Waals surface area contributed by atoms with Crippen LogP contribution in [0.15, 0.2) is 29.5 Å². The topological polar surface area (TPSA) is 62.3 Å². The van der Waals surface area contributed by atoms with Crippen molar-refractivity contribution in [2.45, 2.75) is 85.5 Å². The van der Waals surface area contributed by atoms with Crippen molar-refractivity contribution in [2.24, 2.45) is 34.5 Å². The lowest BCUT2D eigenvalue weighted by Crippen LogP contribution is -2.54. The molecule has 2 unspecified atom stereocenters. The number of nitrogens with zero attached hydrogens (tertiary/aromatic N) is 2. The molecule has 34 heavy (non-hydrogen) atoms. The number of hydrogen-bond acceptors (Lipinski definition) is 3. The average Bonchev–Trinajstić information content (AvgIpc) is 3.13. The van der Waals surface area contributed by atoms with E-state index in [4.69, 9.17) is 0 Å². The number of anilines is 1. The van der Waals surface area contributed by atoms with Crippen molar-refractivity contribution < 1.29 is 9.59 Å². The molecule has 1 aliphatic heterocycles. The Bertz CT molecular complexity index is 1030. The van der Waals surface area contributed by atoms with Crippen LogP contribution in [0.2, 0.25) is 0 Å². The Morgan fingerprint density at radius 2 is 1.97 bits per heavy atom. The van der Waals surface area contributed by atoms with Crippen molar-refractivity contribution in [2.75, 3.05) is 12.4 Å². The second-order valence-electron chi connectivity index (χ2n) is 12.0. The van der Waals surface area contributed by atoms with Gasteiger partial charge in [0.25, 0.3) is 0 Å². The smallest absolute Gasteiger partial charge is 0.226 e. The van der Waals surface area contributed by atoms with Crippen LogP contribution in [0.3, 0.4) is 0 Å². The zero-order valence-corrected chi connectivity index (χ0v) is 21.6. The fraction of sp³-hybridized carbons (Fsp3) is 0.690. The highest BCUT2D eigenvalue weighted by atomic mass is 16.2. The van der Waals surface area contributed by atoms with Crippen LogP contribution in [-0.2, 0) is 16.0 Å². The van der Waals surface area contributed by atoms with E-state index in [2.05, 4.69) is 38.0 Å². The van der Waals surface area contributed by atoms with E-state index in [-0.39, 0.29) is 22.6 Å². The number of aryl methyl sites for hydroxylation is 1. The number of piperidine rings is 1. The van der Waals surface area contributed by atoms with E-state index in [0.717, 1.165) is 31.4 Å². The van der Waals surface area contributed by atoms with Gasteiger partial charge in [0.1, 0.15) is 5.82 Å². The summed E-state index contributed by atoms with van der Waals surface area (Å²) >= 11 is 0. The minimum Gasteiger partial charge on any atom is -0.319 e. The standard InChI is InChI=1S/C29H41N3O2/c1-6-20-8-7-9-24(30-20)31-25(33)17-19-10-11-22-21-16-18(2)27-29(4,15-13-26(34)32(27)5)23(21)12-14-28(19,22)3/h7-9,19,21-23H,6,10-17H2,1-5H3,(H,30,31,33)/t19-,21?,22+,23?,28-,29-/m1/s1. The number of hydrogen-bond donors (Lipinski definition) is 1. The summed E-state index contributed by atoms with van der Waals surface area (Å²) in [4.78, 5) is 32.1. The number of rotatable bonds is 4. The third-order valence-electron chi connectivity index (χ3n) is 10.4. The fourth-order valence-electron chi connectivity index (χ4n) is 8.72. The van der Waals surface area contributed by atoms with Crippen LogP contribution in [0.1, 0.15) is 84.8 Å². The molecule has 5 heteroatoms. The molecule has 2 amide bonds. The molecule has 1 saturated heterocycles. The molecule has 3 aliphatic carbocycles. The number of fused-ring (bicyclic) bond motifs is 5. The minimum absolute atomic E-state index is 0.108. The van der Waals surface area contributed by atoms with E-state index in [1.807, 2.05) is 30.1 Å². The number of amides is 2. The first-order valence-corrected chi connectivity index (χ1v) is 13.4. The molecule has 0 aromatic carbocycles. The van der Waals surface area contributed by atoms with Crippen molar-refractivity contribution in [1.82, 2.24) is 9.88 Å². The molecule has 1 N–H and O–H groups in total. The van der Waals surface area contributed by atoms with Crippen molar-refractivity contribution >= 4 is 17.6 Å². The fourth-order valence-corrected chi connectivity index (χ4v) is 8.72. The van der Waals surface area contributed by atoms with E-state index in [1.165, 1.54) is 30.5 Å². The maximum absolute atomic E-state index is 13.0. The summed E-state index contributed by atoms with van der Waals surface area (Å²) in [7, 11) is 1.99. The van der Waals surface area contributed by atoms with Gasteiger partial charge in [0.15, 0.2) is 0 Å². The van der Waals surface area contributed by atoms with E-state index >= 15 is 0 Å². The van der Waals surface area contributed by atoms with Gasteiger partial charge in [-0.05, 0) is 93.1 Å². The van der Waals surface area contributed by atoms with Gasteiger partial charge in [0.2, 0.25) is 11.8 Å². The van der Waals surface area contributed by atoms with Gasteiger partial charge >= 0.3 is 0 Å². The van der Waals surface area contributed by atoms with Crippen molar-refractivity contribution in [3.8, 4) is 0 Å². The van der Waals surface area contributed by atoms with Gasteiger partial charge in [-0.25, -0.2) is 4.98 Å². The number of allylic oxidation sites excluding steroid dienone is 2. The molecule has 4 aliphatic rings. The van der Waals surface area contributed by atoms with Gasteiger partial charge in [-0.3, -0.25) is 9.59 Å². The highest BCUT2D eigenvalue weighted by molar-refractivity contribution is 5.90. The molecular weight excluding hydrogens is 422 g/mol. The quantitative estimate of drug-likeness (QED) is 0.598. The van der Waals surface area contributed by atoms with E-state index in [0.29, 0.717) is 42.3 Å². The Kier molecular flexibility index (Phi) is 5.89. The van der Waals surface area contributed by atoms with Gasteiger partial charge in [-0.15, -0.1) is 0 Å². The number of nitrogens with one attached hydrogen (secondary N) is 1. The molecule has 5 nitrogen and oxygen atoms in total. The third kappa shape index (κ3) is 3.61. The Labute approximate surface area is 204 Å². The maximum Gasteiger partial charge on any atom is 0.226 e. The Hall–Kier alpha value is -2.17. The number of aromatic nitrogens is 1. The van der Waals surface area contributed by atoms with Gasteiger partial charge in [-0.1, -0.05) is 32.4 Å². The zero-order chi connectivity index (χ0) is 24.3. The van der Waals surface area contributed by atoms with Crippen LogP contribution < -0.4 is 5.32 Å². The summed E-state index contributed by atoms with van der Waals surface area (Å²) in [6, 6.07) is 5.87. The normalized spacial score (nSPS) is 37.2. The molecule has 2 heterocycles. The van der Waals surface area contributed by atoms with Crippen LogP contribution >= 0.6 is 0 Å². The lowest BCUT2D eigenvalue weighted by atomic mass is 9.48. The number of pyridine rings is 1. The summed E-state index contributed by atoms with van der Waals surface area (Å²) in [5.74, 6) is 3.48.